The molecule has 0 radical (unpaired) electrons. The molecule has 0 aromatic carbocycles. The zero-order chi connectivity index (χ0) is 8.15. The minimum atomic E-state index is -0.755. The molecule has 0 fully saturated rings. The third-order valence-electron chi connectivity index (χ3n) is 0.659. The van der Waals surface area contributed by atoms with Crippen LogP contribution in [0.1, 0.15) is 0 Å². The van der Waals surface area contributed by atoms with Gasteiger partial charge < -0.3 is 11.1 Å². The molecule has 58 valence electrons. The Morgan fingerprint density at radius 1 is 1.70 bits per heavy atom. The Hall–Kier alpha value is 0.150. The monoisotopic (exact) mass is 320 g/mol. The van der Waals surface area contributed by atoms with E-state index in [0.717, 1.165) is 0 Å². The molecule has 0 aliphatic rings. The van der Waals surface area contributed by atoms with Crippen LogP contribution in [0.15, 0.2) is 0 Å². The van der Waals surface area contributed by atoms with E-state index in [1.165, 1.54) is 0 Å². The van der Waals surface area contributed by atoms with Crippen molar-refractivity contribution in [2.75, 3.05) is 4.43 Å². The average molecular weight is 321 g/mol. The predicted octanol–water partition coefficient (Wildman–Crippen LogP) is -0.256. The van der Waals surface area contributed by atoms with Crippen LogP contribution in [0.5, 0.6) is 0 Å². The van der Waals surface area contributed by atoms with E-state index in [1.807, 2.05) is 22.6 Å². The summed E-state index contributed by atoms with van der Waals surface area (Å²) in [7, 11) is 0. The zero-order valence-corrected chi connectivity index (χ0v) is 8.68. The Balaban J connectivity index is 3.68. The summed E-state index contributed by atoms with van der Waals surface area (Å²) in [5, 5.41) is 2.32. The maximum absolute atomic E-state index is 10.6. The van der Waals surface area contributed by atoms with Crippen LogP contribution in [0.3, 0.4) is 0 Å². The molecule has 0 bridgehead atoms. The Morgan fingerprint density at radius 2 is 2.20 bits per heavy atom. The number of nitrogens with two attached hydrogens (primary N) is 1. The average Bonchev–Trinajstić information content (AvgIpc) is 1.87. The highest BCUT2D eigenvalue weighted by molar-refractivity contribution is 14.1. The second kappa shape index (κ2) is 4.89. The van der Waals surface area contributed by atoms with Crippen molar-refractivity contribution in [3.63, 3.8) is 0 Å². The molecule has 1 atom stereocenters. The number of alkyl halides is 2. The lowest BCUT2D eigenvalue weighted by atomic mass is 10.6. The van der Waals surface area contributed by atoms with Gasteiger partial charge in [0.05, 0.1) is 4.43 Å². The molecular weight excluding hydrogens is 315 g/mol. The lowest BCUT2D eigenvalue weighted by Gasteiger charge is -2.05. The van der Waals surface area contributed by atoms with Gasteiger partial charge in [-0.05, 0) is 0 Å². The van der Waals surface area contributed by atoms with Crippen LogP contribution >= 0.6 is 38.5 Å². The van der Waals surface area contributed by atoms with Crippen LogP contribution in [0.2, 0.25) is 0 Å². The van der Waals surface area contributed by atoms with Gasteiger partial charge in [-0.3, -0.25) is 9.59 Å². The predicted molar refractivity (Wildman–Crippen MR) is 48.9 cm³/mol. The first-order chi connectivity index (χ1) is 4.57. The van der Waals surface area contributed by atoms with Crippen molar-refractivity contribution < 1.29 is 9.59 Å². The molecule has 0 aliphatic heterocycles. The summed E-state index contributed by atoms with van der Waals surface area (Å²) in [6, 6.07) is 0. The summed E-state index contributed by atoms with van der Waals surface area (Å²) >= 11 is 4.76. The van der Waals surface area contributed by atoms with Crippen LogP contribution in [-0.2, 0) is 9.59 Å². The Bertz CT molecular complexity index is 152. The van der Waals surface area contributed by atoms with Crippen LogP contribution in [0.4, 0.5) is 0 Å². The fourth-order valence-electron chi connectivity index (χ4n) is 0.251. The zero-order valence-electron chi connectivity index (χ0n) is 4.93. The SMILES string of the molecule is NC(=O)C(Br)NC(=O)CI. The molecule has 2 amide bonds. The molecule has 1 unspecified atom stereocenters. The molecule has 0 heterocycles. The molecule has 0 aliphatic carbocycles. The van der Waals surface area contributed by atoms with Crippen LogP contribution < -0.4 is 11.1 Å². The summed E-state index contributed by atoms with van der Waals surface area (Å²) < 4.78 is 0.313. The van der Waals surface area contributed by atoms with E-state index in [9.17, 15) is 9.59 Å². The van der Waals surface area contributed by atoms with Gasteiger partial charge in [-0.2, -0.15) is 0 Å². The lowest BCUT2D eigenvalue weighted by Crippen LogP contribution is -2.40. The number of rotatable bonds is 3. The number of primary amides is 1. The number of nitrogens with one attached hydrogen (secondary N) is 1. The second-order valence-corrected chi connectivity index (χ2v) is 3.14. The van der Waals surface area contributed by atoms with Crippen LogP contribution in [0, 0.1) is 0 Å². The van der Waals surface area contributed by atoms with E-state index >= 15 is 0 Å². The van der Waals surface area contributed by atoms with Crippen molar-refractivity contribution in [3.05, 3.63) is 0 Å². The van der Waals surface area contributed by atoms with Gasteiger partial charge in [-0.15, -0.1) is 0 Å². The van der Waals surface area contributed by atoms with Crippen molar-refractivity contribution >= 4 is 50.3 Å². The number of hydrogen-bond donors (Lipinski definition) is 2. The smallest absolute Gasteiger partial charge is 0.251 e. The number of halogens is 2. The standard InChI is InChI=1S/C4H6BrIN2O2/c5-3(4(7)10)8-2(9)1-6/h3H,1H2,(H2,7,10)(H,8,9). The molecular formula is C4H6BrIN2O2. The summed E-state index contributed by atoms with van der Waals surface area (Å²) in [5.74, 6) is -0.820. The summed E-state index contributed by atoms with van der Waals surface area (Å²) in [6.45, 7) is 0. The van der Waals surface area contributed by atoms with Crippen LogP contribution in [0.25, 0.3) is 0 Å². The van der Waals surface area contributed by atoms with E-state index in [1.54, 1.807) is 0 Å². The first kappa shape index (κ1) is 10.2. The van der Waals surface area contributed by atoms with Gasteiger partial charge in [-0.1, -0.05) is 38.5 Å². The fraction of sp³-hybridized carbons (Fsp3) is 0.500. The molecule has 4 nitrogen and oxygen atoms in total. The highest BCUT2D eigenvalue weighted by Crippen LogP contribution is 1.93. The van der Waals surface area contributed by atoms with Gasteiger partial charge in [0.25, 0.3) is 5.91 Å². The number of hydrogen-bond acceptors (Lipinski definition) is 2. The summed E-state index contributed by atoms with van der Waals surface area (Å²) in [4.78, 5) is 20.1. The third-order valence-corrected chi connectivity index (χ3v) is 2.03. The molecule has 0 aromatic heterocycles. The minimum absolute atomic E-state index is 0.221. The van der Waals surface area contributed by atoms with Gasteiger partial charge in [0.15, 0.2) is 4.95 Å². The van der Waals surface area contributed by atoms with E-state index in [2.05, 4.69) is 21.2 Å². The largest absolute Gasteiger partial charge is 0.367 e. The van der Waals surface area contributed by atoms with Gasteiger partial charge >= 0.3 is 0 Å². The quantitative estimate of drug-likeness (QED) is 0.427. The van der Waals surface area contributed by atoms with Gasteiger partial charge in [0.2, 0.25) is 5.91 Å². The van der Waals surface area contributed by atoms with Crippen LogP contribution in [-0.4, -0.2) is 21.2 Å². The second-order valence-electron chi connectivity index (χ2n) is 1.47. The van der Waals surface area contributed by atoms with Crippen molar-refractivity contribution in [2.24, 2.45) is 5.73 Å². The highest BCUT2D eigenvalue weighted by Gasteiger charge is 2.11. The molecule has 0 saturated heterocycles. The third kappa shape index (κ3) is 4.04. The van der Waals surface area contributed by atoms with E-state index in [0.29, 0.717) is 4.43 Å². The Kier molecular flexibility index (Phi) is 4.96. The molecule has 0 saturated carbocycles. The molecule has 0 aromatic rings. The topological polar surface area (TPSA) is 72.2 Å². The first-order valence-electron chi connectivity index (χ1n) is 2.36. The lowest BCUT2D eigenvalue weighted by molar-refractivity contribution is -0.123. The van der Waals surface area contributed by atoms with Crippen molar-refractivity contribution in [3.8, 4) is 0 Å². The maximum atomic E-state index is 10.6. The Morgan fingerprint density at radius 3 is 2.50 bits per heavy atom. The van der Waals surface area contributed by atoms with Crippen molar-refractivity contribution in [1.82, 2.24) is 5.32 Å². The van der Waals surface area contributed by atoms with Gasteiger partial charge in [0.1, 0.15) is 0 Å². The van der Waals surface area contributed by atoms with Gasteiger partial charge in [-0.25, -0.2) is 0 Å². The van der Waals surface area contributed by atoms with E-state index < -0.39 is 10.9 Å². The summed E-state index contributed by atoms with van der Waals surface area (Å²) in [5.41, 5.74) is 4.84. The Labute approximate surface area is 80.2 Å². The molecule has 6 heteroatoms. The maximum Gasteiger partial charge on any atom is 0.251 e. The van der Waals surface area contributed by atoms with Crippen molar-refractivity contribution in [2.45, 2.75) is 4.95 Å². The number of carbonyl (C=O) groups is 2. The van der Waals surface area contributed by atoms with E-state index in [4.69, 9.17) is 5.73 Å². The highest BCUT2D eigenvalue weighted by atomic mass is 127. The normalized spacial score (nSPS) is 12.2. The van der Waals surface area contributed by atoms with E-state index in [-0.39, 0.29) is 5.91 Å². The number of amides is 2. The number of carbonyl (C=O) groups excluding carboxylic acids is 2. The molecule has 10 heavy (non-hydrogen) atoms. The fourth-order valence-corrected chi connectivity index (χ4v) is 0.727. The first-order valence-corrected chi connectivity index (χ1v) is 4.80. The van der Waals surface area contributed by atoms with Gasteiger partial charge in [0, 0.05) is 0 Å². The summed E-state index contributed by atoms with van der Waals surface area (Å²) in [6.07, 6.45) is 0. The van der Waals surface area contributed by atoms with Crippen molar-refractivity contribution in [1.29, 1.82) is 0 Å². The molecule has 3 N–H and O–H groups in total. The minimum Gasteiger partial charge on any atom is -0.367 e. The molecule has 0 rings (SSSR count). The molecule has 0 spiro atoms.